The number of methoxy groups -OCH3 is 1. The van der Waals surface area contributed by atoms with Crippen LogP contribution in [-0.4, -0.2) is 30.6 Å². The molecule has 3 fully saturated rings. The fraction of sp³-hybridized carbons (Fsp3) is 0.762. The molecule has 3 saturated carbocycles. The minimum absolute atomic E-state index is 0.00320. The van der Waals surface area contributed by atoms with E-state index >= 15 is 0 Å². The minimum atomic E-state index is -0.186. The normalized spacial score (nSPS) is 41.1. The summed E-state index contributed by atoms with van der Waals surface area (Å²) in [6.07, 6.45) is 11.4. The van der Waals surface area contributed by atoms with E-state index in [1.54, 1.807) is 7.11 Å². The Hall–Kier alpha value is -1.29. The van der Waals surface area contributed by atoms with E-state index in [-0.39, 0.29) is 17.3 Å². The zero-order valence-corrected chi connectivity index (χ0v) is 15.5. The van der Waals surface area contributed by atoms with E-state index < -0.39 is 0 Å². The van der Waals surface area contributed by atoms with E-state index in [0.717, 1.165) is 25.3 Å². The Morgan fingerprint density at radius 2 is 2.16 bits per heavy atom. The van der Waals surface area contributed by atoms with Gasteiger partial charge in [0.2, 0.25) is 0 Å². The van der Waals surface area contributed by atoms with Crippen molar-refractivity contribution in [3.63, 3.8) is 0 Å². The van der Waals surface area contributed by atoms with Gasteiger partial charge in [0.05, 0.1) is 7.11 Å². The predicted octanol–water partition coefficient (Wildman–Crippen LogP) is 3.74. The molecule has 4 aliphatic rings. The van der Waals surface area contributed by atoms with Crippen molar-refractivity contribution >= 4 is 5.78 Å². The molecule has 0 heterocycles. The largest absolute Gasteiger partial charge is 0.508 e. The molecule has 25 heavy (non-hydrogen) atoms. The smallest absolute Gasteiger partial charge is 0.156 e. The maximum Gasteiger partial charge on any atom is 0.156 e. The second-order valence-electron chi connectivity index (χ2n) is 8.87. The number of rotatable bonds is 4. The monoisotopic (exact) mass is 345 g/mol. The second-order valence-corrected chi connectivity index (χ2v) is 8.87. The summed E-state index contributed by atoms with van der Waals surface area (Å²) in [7, 11) is 1.61. The molecule has 0 amide bonds. The molecule has 4 aliphatic carbocycles. The van der Waals surface area contributed by atoms with Crippen LogP contribution in [0.5, 0.6) is 0 Å². The first-order valence-electron chi connectivity index (χ1n) is 9.93. The average molecular weight is 345 g/mol. The highest BCUT2D eigenvalue weighted by atomic mass is 16.5. The number of carbonyl (C=O) groups is 1. The molecule has 4 heteroatoms. The summed E-state index contributed by atoms with van der Waals surface area (Å²) in [5.41, 5.74) is -0.186. The van der Waals surface area contributed by atoms with Gasteiger partial charge in [-0.3, -0.25) is 4.79 Å². The fourth-order valence-corrected chi connectivity index (χ4v) is 5.94. The topological polar surface area (TPSA) is 58.6 Å². The zero-order valence-electron chi connectivity index (χ0n) is 15.5. The summed E-state index contributed by atoms with van der Waals surface area (Å²) in [5, 5.41) is 14.7. The molecule has 0 bridgehead atoms. The molecule has 0 aliphatic heterocycles. The zero-order chi connectivity index (χ0) is 17.6. The fourth-order valence-electron chi connectivity index (χ4n) is 5.94. The van der Waals surface area contributed by atoms with Crippen molar-refractivity contribution in [3.8, 4) is 0 Å². The summed E-state index contributed by atoms with van der Waals surface area (Å²) < 4.78 is 5.37. The highest BCUT2D eigenvalue weighted by molar-refractivity contribution is 5.80. The average Bonchev–Trinajstić information content (AvgIpc) is 2.52. The van der Waals surface area contributed by atoms with Gasteiger partial charge in [0, 0.05) is 24.8 Å². The van der Waals surface area contributed by atoms with Gasteiger partial charge < -0.3 is 15.2 Å². The van der Waals surface area contributed by atoms with Crippen LogP contribution in [0.2, 0.25) is 0 Å². The number of fused-ring (bicyclic) bond motifs is 3. The summed E-state index contributed by atoms with van der Waals surface area (Å²) in [4.78, 5) is 12.3. The summed E-state index contributed by atoms with van der Waals surface area (Å²) in [6.45, 7) is 3.34. The summed E-state index contributed by atoms with van der Waals surface area (Å²) >= 11 is 0. The van der Waals surface area contributed by atoms with Gasteiger partial charge in [-0.25, -0.2) is 0 Å². The quantitative estimate of drug-likeness (QED) is 0.815. The van der Waals surface area contributed by atoms with Crippen molar-refractivity contribution in [1.82, 2.24) is 5.32 Å². The van der Waals surface area contributed by atoms with Gasteiger partial charge in [0.1, 0.15) is 11.5 Å². The summed E-state index contributed by atoms with van der Waals surface area (Å²) in [5.74, 6) is 2.84. The van der Waals surface area contributed by atoms with Gasteiger partial charge in [-0.15, -0.1) is 0 Å². The van der Waals surface area contributed by atoms with Crippen LogP contribution in [0.3, 0.4) is 0 Å². The van der Waals surface area contributed by atoms with E-state index in [0.29, 0.717) is 42.1 Å². The molecule has 4 unspecified atom stereocenters. The number of aliphatic hydroxyl groups is 1. The Morgan fingerprint density at radius 1 is 1.36 bits per heavy atom. The molecule has 2 N–H and O–H groups in total. The Labute approximate surface area is 150 Å². The third kappa shape index (κ3) is 2.83. The number of hydrogen-bond donors (Lipinski definition) is 2. The van der Waals surface area contributed by atoms with Crippen LogP contribution in [-0.2, 0) is 9.53 Å². The number of allylic oxidation sites excluding steroid dienone is 3. The molecule has 0 aromatic heterocycles. The first kappa shape index (κ1) is 17.1. The third-order valence-corrected chi connectivity index (χ3v) is 7.46. The highest BCUT2D eigenvalue weighted by Crippen LogP contribution is 2.58. The Kier molecular flexibility index (Phi) is 4.43. The first-order chi connectivity index (χ1) is 12.0. The highest BCUT2D eigenvalue weighted by Gasteiger charge is 2.56. The van der Waals surface area contributed by atoms with Crippen molar-refractivity contribution in [2.24, 2.45) is 29.1 Å². The van der Waals surface area contributed by atoms with Gasteiger partial charge in [-0.2, -0.15) is 0 Å². The molecule has 138 valence electrons. The summed E-state index contributed by atoms with van der Waals surface area (Å²) in [6, 6.07) is 0.446. The second kappa shape index (κ2) is 6.46. The number of ether oxygens (including phenoxy) is 1. The van der Waals surface area contributed by atoms with Crippen molar-refractivity contribution < 1.29 is 14.6 Å². The lowest BCUT2D eigenvalue weighted by atomic mass is 9.49. The number of carbonyl (C=O) groups excluding carboxylic acids is 1. The lowest BCUT2D eigenvalue weighted by molar-refractivity contribution is -0.132. The Morgan fingerprint density at radius 3 is 2.84 bits per heavy atom. The van der Waals surface area contributed by atoms with Gasteiger partial charge in [-0.05, 0) is 61.5 Å². The molecule has 5 atom stereocenters. The van der Waals surface area contributed by atoms with Crippen LogP contribution in [0.4, 0.5) is 0 Å². The van der Waals surface area contributed by atoms with Crippen LogP contribution in [0.25, 0.3) is 0 Å². The third-order valence-electron chi connectivity index (χ3n) is 7.46. The number of ketones is 1. The van der Waals surface area contributed by atoms with Crippen LogP contribution in [0.15, 0.2) is 23.7 Å². The Balaban J connectivity index is 1.62. The van der Waals surface area contributed by atoms with E-state index in [4.69, 9.17) is 4.74 Å². The number of Topliss-reactive ketones (excluding diaryl/α,β-unsaturated/α-hetero) is 1. The van der Waals surface area contributed by atoms with Gasteiger partial charge in [-0.1, -0.05) is 19.4 Å². The molecular formula is C21H31NO3. The van der Waals surface area contributed by atoms with Crippen molar-refractivity contribution in [3.05, 3.63) is 23.7 Å². The van der Waals surface area contributed by atoms with Crippen molar-refractivity contribution in [2.45, 2.75) is 57.9 Å². The maximum atomic E-state index is 12.3. The predicted molar refractivity (Wildman–Crippen MR) is 97.0 cm³/mol. The van der Waals surface area contributed by atoms with E-state index in [1.807, 2.05) is 6.08 Å². The van der Waals surface area contributed by atoms with Crippen LogP contribution < -0.4 is 5.32 Å². The molecule has 4 rings (SSSR count). The Bertz CT molecular complexity index is 606. The number of nitrogens with one attached hydrogen (secondary N) is 1. The molecule has 4 nitrogen and oxygen atoms in total. The van der Waals surface area contributed by atoms with Crippen molar-refractivity contribution in [2.75, 3.05) is 13.7 Å². The molecule has 0 radical (unpaired) electrons. The SMILES string of the molecule is COC1=C(O)C2C(C=C1)CC(NCC1CCC1)[C@H]1CCC(=O)CC21C. The standard InChI is InChI=1S/C21H31NO3/c1-21-11-15(23)7-8-16(21)17(22-12-13-4-3-5-13)10-14-6-9-18(25-2)20(24)19(14)21/h6,9,13-14,16-17,19,22,24H,3-5,7-8,10-12H2,1-2H3/t14?,16-,17?,19?,21?/m1/s1. The maximum absolute atomic E-state index is 12.3. The molecule has 0 spiro atoms. The molecule has 0 aromatic rings. The van der Waals surface area contributed by atoms with Crippen LogP contribution in [0.1, 0.15) is 51.9 Å². The van der Waals surface area contributed by atoms with Crippen molar-refractivity contribution in [1.29, 1.82) is 0 Å². The molecule has 0 aromatic carbocycles. The van der Waals surface area contributed by atoms with E-state index in [9.17, 15) is 9.90 Å². The molecule has 0 saturated heterocycles. The lowest BCUT2D eigenvalue weighted by Gasteiger charge is -2.56. The molecular weight excluding hydrogens is 314 g/mol. The first-order valence-corrected chi connectivity index (χ1v) is 9.93. The van der Waals surface area contributed by atoms with E-state index in [2.05, 4.69) is 18.3 Å². The number of hydrogen-bond acceptors (Lipinski definition) is 4. The van der Waals surface area contributed by atoms with Gasteiger partial charge in [0.15, 0.2) is 5.76 Å². The van der Waals surface area contributed by atoms with Crippen LogP contribution in [0, 0.1) is 29.1 Å². The van der Waals surface area contributed by atoms with E-state index in [1.165, 1.54) is 19.3 Å². The number of aliphatic hydroxyl groups excluding tert-OH is 1. The van der Waals surface area contributed by atoms with Gasteiger partial charge in [0.25, 0.3) is 0 Å². The minimum Gasteiger partial charge on any atom is -0.508 e. The van der Waals surface area contributed by atoms with Crippen LogP contribution >= 0.6 is 0 Å². The van der Waals surface area contributed by atoms with Gasteiger partial charge >= 0.3 is 0 Å². The lowest BCUT2D eigenvalue weighted by Crippen LogP contribution is -2.58.